The number of rotatable bonds is 2. The summed E-state index contributed by atoms with van der Waals surface area (Å²) in [5, 5.41) is 3.24. The van der Waals surface area contributed by atoms with Crippen molar-refractivity contribution in [2.45, 2.75) is 18.6 Å². The highest BCUT2D eigenvalue weighted by Gasteiger charge is 2.20. The minimum Gasteiger partial charge on any atom is -0.380 e. The Morgan fingerprint density at radius 2 is 1.60 bits per heavy atom. The molecule has 0 aromatic carbocycles. The van der Waals surface area contributed by atoms with E-state index in [4.69, 9.17) is 9.47 Å². The summed E-state index contributed by atoms with van der Waals surface area (Å²) in [6, 6.07) is 0. The quantitative estimate of drug-likeness (QED) is 0.593. The summed E-state index contributed by atoms with van der Waals surface area (Å²) in [6.45, 7) is 1.91. The second-order valence-electron chi connectivity index (χ2n) is 2.61. The van der Waals surface area contributed by atoms with Gasteiger partial charge in [0.1, 0.15) is 0 Å². The molecule has 0 aliphatic carbocycles. The van der Waals surface area contributed by atoms with Crippen LogP contribution in [0.3, 0.4) is 0 Å². The maximum Gasteiger partial charge on any atom is 0.0720 e. The zero-order valence-corrected chi connectivity index (χ0v) is 6.59. The molecule has 1 aliphatic rings. The smallest absolute Gasteiger partial charge is 0.0720 e. The molecular formula is C7H15NO2. The summed E-state index contributed by atoms with van der Waals surface area (Å²) in [6.07, 6.45) is 1.68. The van der Waals surface area contributed by atoms with E-state index in [1.807, 2.05) is 0 Å². The van der Waals surface area contributed by atoms with Gasteiger partial charge in [0.2, 0.25) is 0 Å². The lowest BCUT2D eigenvalue weighted by molar-refractivity contribution is 0.00126. The van der Waals surface area contributed by atoms with Gasteiger partial charge >= 0.3 is 0 Å². The molecule has 0 saturated carbocycles. The fourth-order valence-corrected chi connectivity index (χ4v) is 1.22. The second-order valence-corrected chi connectivity index (χ2v) is 2.61. The summed E-state index contributed by atoms with van der Waals surface area (Å²) >= 11 is 0. The van der Waals surface area contributed by atoms with Gasteiger partial charge in [0, 0.05) is 33.7 Å². The Morgan fingerprint density at radius 3 is 2.00 bits per heavy atom. The number of piperidine rings is 1. The van der Waals surface area contributed by atoms with Crippen LogP contribution in [0, 0.1) is 0 Å². The molecule has 0 spiro atoms. The van der Waals surface area contributed by atoms with Crippen LogP contribution in [-0.2, 0) is 9.47 Å². The Kier molecular flexibility index (Phi) is 3.12. The fourth-order valence-electron chi connectivity index (χ4n) is 1.22. The Labute approximate surface area is 61.7 Å². The number of hydrogen-bond acceptors (Lipinski definition) is 3. The monoisotopic (exact) mass is 145 g/mol. The van der Waals surface area contributed by atoms with Crippen molar-refractivity contribution in [1.29, 1.82) is 0 Å². The first-order chi connectivity index (χ1) is 4.86. The molecule has 2 atom stereocenters. The predicted molar refractivity (Wildman–Crippen MR) is 39.1 cm³/mol. The van der Waals surface area contributed by atoms with Crippen molar-refractivity contribution in [3.05, 3.63) is 0 Å². The molecule has 1 saturated heterocycles. The highest BCUT2D eigenvalue weighted by Crippen LogP contribution is 2.07. The molecule has 60 valence electrons. The van der Waals surface area contributed by atoms with E-state index in [2.05, 4.69) is 5.32 Å². The number of methoxy groups -OCH3 is 2. The van der Waals surface area contributed by atoms with E-state index in [1.54, 1.807) is 14.2 Å². The molecule has 0 amide bonds. The van der Waals surface area contributed by atoms with Crippen LogP contribution in [0.1, 0.15) is 6.42 Å². The van der Waals surface area contributed by atoms with Crippen molar-refractivity contribution in [2.75, 3.05) is 27.3 Å². The normalized spacial score (nSPS) is 34.2. The molecule has 0 bridgehead atoms. The van der Waals surface area contributed by atoms with Crippen LogP contribution in [0.2, 0.25) is 0 Å². The highest BCUT2D eigenvalue weighted by molar-refractivity contribution is 4.76. The van der Waals surface area contributed by atoms with Crippen molar-refractivity contribution in [1.82, 2.24) is 5.32 Å². The molecule has 1 aliphatic heterocycles. The third-order valence-corrected chi connectivity index (χ3v) is 1.94. The first kappa shape index (κ1) is 7.98. The Hall–Kier alpha value is -0.120. The van der Waals surface area contributed by atoms with Gasteiger partial charge in [-0.05, 0) is 0 Å². The first-order valence-electron chi connectivity index (χ1n) is 3.63. The van der Waals surface area contributed by atoms with Gasteiger partial charge in [-0.15, -0.1) is 0 Å². The summed E-state index contributed by atoms with van der Waals surface area (Å²) in [7, 11) is 3.48. The maximum absolute atomic E-state index is 5.18. The van der Waals surface area contributed by atoms with Crippen LogP contribution in [0.25, 0.3) is 0 Å². The van der Waals surface area contributed by atoms with Crippen molar-refractivity contribution < 1.29 is 9.47 Å². The molecule has 1 fully saturated rings. The van der Waals surface area contributed by atoms with E-state index >= 15 is 0 Å². The van der Waals surface area contributed by atoms with E-state index in [1.165, 1.54) is 0 Å². The average Bonchev–Trinajstić information content (AvgIpc) is 2.05. The van der Waals surface area contributed by atoms with Gasteiger partial charge in [0.05, 0.1) is 12.2 Å². The Balaban J connectivity index is 2.25. The zero-order chi connectivity index (χ0) is 7.40. The molecule has 0 unspecified atom stereocenters. The molecule has 0 aromatic rings. The number of nitrogens with one attached hydrogen (secondary N) is 1. The minimum absolute atomic E-state index is 0.332. The minimum atomic E-state index is 0.332. The average molecular weight is 145 g/mol. The molecule has 1 N–H and O–H groups in total. The van der Waals surface area contributed by atoms with Crippen molar-refractivity contribution >= 4 is 0 Å². The number of ether oxygens (including phenoxy) is 2. The molecule has 3 heteroatoms. The van der Waals surface area contributed by atoms with Gasteiger partial charge in [0.25, 0.3) is 0 Å². The molecule has 0 aromatic heterocycles. The molecule has 1 heterocycles. The topological polar surface area (TPSA) is 30.5 Å². The summed E-state index contributed by atoms with van der Waals surface area (Å²) < 4.78 is 10.4. The largest absolute Gasteiger partial charge is 0.380 e. The third kappa shape index (κ3) is 1.94. The highest BCUT2D eigenvalue weighted by atomic mass is 16.5. The lowest BCUT2D eigenvalue weighted by atomic mass is 10.1. The zero-order valence-electron chi connectivity index (χ0n) is 6.59. The van der Waals surface area contributed by atoms with Crippen LogP contribution in [-0.4, -0.2) is 39.5 Å². The van der Waals surface area contributed by atoms with Crippen molar-refractivity contribution in [3.63, 3.8) is 0 Å². The molecule has 10 heavy (non-hydrogen) atoms. The lowest BCUT2D eigenvalue weighted by Crippen LogP contribution is -2.43. The van der Waals surface area contributed by atoms with Gasteiger partial charge in [-0.2, -0.15) is 0 Å². The first-order valence-corrected chi connectivity index (χ1v) is 3.63. The molecule has 1 rings (SSSR count). The molecule has 3 nitrogen and oxygen atoms in total. The second kappa shape index (κ2) is 3.91. The van der Waals surface area contributed by atoms with Gasteiger partial charge in [-0.1, -0.05) is 0 Å². The van der Waals surface area contributed by atoms with E-state index in [0.29, 0.717) is 12.2 Å². The van der Waals surface area contributed by atoms with Crippen molar-refractivity contribution in [3.8, 4) is 0 Å². The lowest BCUT2D eigenvalue weighted by Gasteiger charge is -2.27. The van der Waals surface area contributed by atoms with Gasteiger partial charge < -0.3 is 14.8 Å². The summed E-state index contributed by atoms with van der Waals surface area (Å²) in [4.78, 5) is 0. The predicted octanol–water partition coefficient (Wildman–Crippen LogP) is 0.00970. The van der Waals surface area contributed by atoms with Crippen LogP contribution in [0.4, 0.5) is 0 Å². The van der Waals surface area contributed by atoms with Crippen molar-refractivity contribution in [2.24, 2.45) is 0 Å². The van der Waals surface area contributed by atoms with Gasteiger partial charge in [0.15, 0.2) is 0 Å². The van der Waals surface area contributed by atoms with E-state index in [9.17, 15) is 0 Å². The van der Waals surface area contributed by atoms with Crippen LogP contribution in [0.15, 0.2) is 0 Å². The maximum atomic E-state index is 5.18. The van der Waals surface area contributed by atoms with Crippen LogP contribution < -0.4 is 5.32 Å². The fraction of sp³-hybridized carbons (Fsp3) is 1.00. The Morgan fingerprint density at radius 1 is 1.10 bits per heavy atom. The molecular weight excluding hydrogens is 130 g/mol. The summed E-state index contributed by atoms with van der Waals surface area (Å²) in [5.74, 6) is 0. The molecule has 0 radical (unpaired) electrons. The van der Waals surface area contributed by atoms with E-state index in [-0.39, 0.29) is 0 Å². The van der Waals surface area contributed by atoms with E-state index in [0.717, 1.165) is 19.5 Å². The van der Waals surface area contributed by atoms with E-state index < -0.39 is 0 Å². The van der Waals surface area contributed by atoms with Gasteiger partial charge in [-0.3, -0.25) is 0 Å². The third-order valence-electron chi connectivity index (χ3n) is 1.94. The standard InChI is InChI=1S/C7H15NO2/c1-9-6-3-7(10-2)5-8-4-6/h6-8H,3-5H2,1-2H3/t6-,7-/m1/s1. The summed E-state index contributed by atoms with van der Waals surface area (Å²) in [5.41, 5.74) is 0. The van der Waals surface area contributed by atoms with Crippen LogP contribution in [0.5, 0.6) is 0 Å². The van der Waals surface area contributed by atoms with Crippen LogP contribution >= 0.6 is 0 Å². The SMILES string of the molecule is CO[C@H]1CNC[C@H](OC)C1. The number of hydrogen-bond donors (Lipinski definition) is 1. The Bertz CT molecular complexity index is 87.6. The van der Waals surface area contributed by atoms with Gasteiger partial charge in [-0.25, -0.2) is 0 Å².